The first kappa shape index (κ1) is 12.4. The summed E-state index contributed by atoms with van der Waals surface area (Å²) in [6.45, 7) is 1.88. The zero-order valence-electron chi connectivity index (χ0n) is 7.58. The quantitative estimate of drug-likeness (QED) is 0.606. The van der Waals surface area contributed by atoms with Crippen LogP contribution in [0.25, 0.3) is 0 Å². The Morgan fingerprint density at radius 2 is 2.13 bits per heavy atom. The van der Waals surface area contributed by atoms with Crippen LogP contribution < -0.4 is 0 Å². The zero-order chi connectivity index (χ0) is 11.5. The molecule has 0 aliphatic carbocycles. The van der Waals surface area contributed by atoms with Crippen LogP contribution in [0.15, 0.2) is 6.33 Å². The molecule has 1 heterocycles. The van der Waals surface area contributed by atoms with Crippen LogP contribution in [0.1, 0.15) is 23.4 Å². The van der Waals surface area contributed by atoms with Crippen molar-refractivity contribution in [1.29, 1.82) is 0 Å². The monoisotopic (exact) mass is 269 g/mol. The molecular formula is C7H6Cl3N3O2. The maximum absolute atomic E-state index is 11.2. The van der Waals surface area contributed by atoms with Gasteiger partial charge in [0.2, 0.25) is 9.62 Å². The minimum Gasteiger partial charge on any atom is -0.460 e. The lowest BCUT2D eigenvalue weighted by molar-refractivity contribution is 0.0511. The number of nitrogens with zero attached hydrogens (tertiary/aromatic N) is 3. The highest BCUT2D eigenvalue weighted by molar-refractivity contribution is 6.66. The molecule has 0 spiro atoms. The Balaban J connectivity index is 2.98. The average molecular weight is 271 g/mol. The van der Waals surface area contributed by atoms with Crippen molar-refractivity contribution in [3.8, 4) is 0 Å². The van der Waals surface area contributed by atoms with Crippen LogP contribution in [0, 0.1) is 0 Å². The molecule has 0 atom stereocenters. The number of carbonyl (C=O) groups is 1. The van der Waals surface area contributed by atoms with Crippen molar-refractivity contribution in [3.05, 3.63) is 18.0 Å². The van der Waals surface area contributed by atoms with Crippen molar-refractivity contribution in [2.45, 2.75) is 10.7 Å². The number of aromatic nitrogens is 3. The van der Waals surface area contributed by atoms with Crippen LogP contribution in [0.4, 0.5) is 0 Å². The van der Waals surface area contributed by atoms with E-state index in [9.17, 15) is 4.79 Å². The zero-order valence-corrected chi connectivity index (χ0v) is 9.84. The fourth-order valence-electron chi connectivity index (χ4n) is 0.727. The summed E-state index contributed by atoms with van der Waals surface area (Å²) in [6.07, 6.45) is 1.08. The number of esters is 1. The van der Waals surface area contributed by atoms with Gasteiger partial charge in [-0.05, 0) is 6.92 Å². The van der Waals surface area contributed by atoms with Gasteiger partial charge < -0.3 is 4.74 Å². The topological polar surface area (TPSA) is 65.0 Å². The highest BCUT2D eigenvalue weighted by atomic mass is 35.6. The normalized spacial score (nSPS) is 11.2. The SMILES string of the molecule is CCOC(=O)c1ncnc(C(Cl)(Cl)Cl)n1. The molecule has 5 nitrogen and oxygen atoms in total. The molecule has 0 saturated carbocycles. The van der Waals surface area contributed by atoms with E-state index in [0.29, 0.717) is 0 Å². The molecule has 0 N–H and O–H groups in total. The molecule has 15 heavy (non-hydrogen) atoms. The average Bonchev–Trinajstić information content (AvgIpc) is 2.17. The number of rotatable bonds is 2. The Labute approximate surface area is 101 Å². The second kappa shape index (κ2) is 4.92. The van der Waals surface area contributed by atoms with Crippen LogP contribution in [-0.2, 0) is 8.53 Å². The van der Waals surface area contributed by atoms with Crippen LogP contribution >= 0.6 is 34.8 Å². The Kier molecular flexibility index (Phi) is 4.07. The maximum atomic E-state index is 11.2. The Hall–Kier alpha value is -0.650. The lowest BCUT2D eigenvalue weighted by atomic mass is 10.5. The molecule has 1 aromatic rings. The molecule has 0 aromatic carbocycles. The van der Waals surface area contributed by atoms with Crippen molar-refractivity contribution in [1.82, 2.24) is 15.0 Å². The highest BCUT2D eigenvalue weighted by Gasteiger charge is 2.28. The summed E-state index contributed by atoms with van der Waals surface area (Å²) in [5, 5.41) is 0. The first-order chi connectivity index (χ1) is 6.95. The molecule has 82 valence electrons. The number of alkyl halides is 3. The summed E-state index contributed by atoms with van der Waals surface area (Å²) in [6, 6.07) is 0. The molecule has 0 aliphatic rings. The summed E-state index contributed by atoms with van der Waals surface area (Å²) < 4.78 is 2.89. The van der Waals surface area contributed by atoms with E-state index in [1.165, 1.54) is 0 Å². The van der Waals surface area contributed by atoms with E-state index in [1.807, 2.05) is 0 Å². The van der Waals surface area contributed by atoms with Gasteiger partial charge in [-0.25, -0.2) is 19.7 Å². The molecule has 0 saturated heterocycles. The summed E-state index contributed by atoms with van der Waals surface area (Å²) in [7, 11) is 0. The summed E-state index contributed by atoms with van der Waals surface area (Å²) in [5.74, 6) is -0.992. The molecule has 1 aromatic heterocycles. The van der Waals surface area contributed by atoms with Crippen molar-refractivity contribution in [2.24, 2.45) is 0 Å². The number of halogens is 3. The Bertz CT molecular complexity index is 367. The summed E-state index contributed by atoms with van der Waals surface area (Å²) >= 11 is 16.6. The standard InChI is InChI=1S/C7H6Cl3N3O2/c1-2-15-5(14)4-11-3-12-6(13-4)7(8,9)10/h3H,2H2,1H3. The van der Waals surface area contributed by atoms with Gasteiger partial charge >= 0.3 is 5.97 Å². The van der Waals surface area contributed by atoms with Gasteiger partial charge in [0.25, 0.3) is 0 Å². The lowest BCUT2D eigenvalue weighted by Crippen LogP contribution is -2.15. The maximum Gasteiger partial charge on any atom is 0.376 e. The van der Waals surface area contributed by atoms with E-state index in [2.05, 4.69) is 19.7 Å². The van der Waals surface area contributed by atoms with Gasteiger partial charge in [-0.3, -0.25) is 0 Å². The van der Waals surface area contributed by atoms with Crippen molar-refractivity contribution in [3.63, 3.8) is 0 Å². The van der Waals surface area contributed by atoms with E-state index in [0.717, 1.165) is 6.33 Å². The molecule has 0 fully saturated rings. The largest absolute Gasteiger partial charge is 0.460 e. The highest BCUT2D eigenvalue weighted by Crippen LogP contribution is 2.35. The first-order valence-corrected chi connectivity index (χ1v) is 5.02. The van der Waals surface area contributed by atoms with Crippen LogP contribution in [0.5, 0.6) is 0 Å². The predicted molar refractivity (Wildman–Crippen MR) is 55.0 cm³/mol. The molecule has 0 bridgehead atoms. The molecule has 0 amide bonds. The van der Waals surface area contributed by atoms with Gasteiger partial charge in [-0.2, -0.15) is 0 Å². The minimum atomic E-state index is -1.79. The Morgan fingerprint density at radius 1 is 1.47 bits per heavy atom. The molecule has 0 unspecified atom stereocenters. The van der Waals surface area contributed by atoms with E-state index in [1.54, 1.807) is 6.92 Å². The summed E-state index contributed by atoms with van der Waals surface area (Å²) in [5.41, 5.74) is 0. The van der Waals surface area contributed by atoms with Gasteiger partial charge in [-0.1, -0.05) is 34.8 Å². The lowest BCUT2D eigenvalue weighted by Gasteiger charge is -2.08. The van der Waals surface area contributed by atoms with Gasteiger partial charge in [0.05, 0.1) is 6.61 Å². The number of hydrogen-bond donors (Lipinski definition) is 0. The number of carbonyl (C=O) groups excluding carboxylic acids is 1. The summed E-state index contributed by atoms with van der Waals surface area (Å²) in [4.78, 5) is 22.1. The fourth-order valence-corrected chi connectivity index (χ4v) is 1.00. The van der Waals surface area contributed by atoms with E-state index in [-0.39, 0.29) is 18.3 Å². The molecule has 8 heteroatoms. The third kappa shape index (κ3) is 3.44. The second-order valence-corrected chi connectivity index (χ2v) is 4.63. The number of hydrogen-bond acceptors (Lipinski definition) is 5. The minimum absolute atomic E-state index is 0.120. The molecule has 0 radical (unpaired) electrons. The van der Waals surface area contributed by atoms with Crippen LogP contribution in [0.2, 0.25) is 0 Å². The van der Waals surface area contributed by atoms with Crippen molar-refractivity contribution >= 4 is 40.8 Å². The predicted octanol–water partition coefficient (Wildman–Crippen LogP) is 1.88. The van der Waals surface area contributed by atoms with Gasteiger partial charge in [0, 0.05) is 0 Å². The smallest absolute Gasteiger partial charge is 0.376 e. The molecule has 1 rings (SSSR count). The van der Waals surface area contributed by atoms with E-state index < -0.39 is 9.76 Å². The van der Waals surface area contributed by atoms with Crippen LogP contribution in [0.3, 0.4) is 0 Å². The van der Waals surface area contributed by atoms with Crippen molar-refractivity contribution < 1.29 is 9.53 Å². The van der Waals surface area contributed by atoms with Crippen molar-refractivity contribution in [2.75, 3.05) is 6.61 Å². The molecule has 0 aliphatic heterocycles. The van der Waals surface area contributed by atoms with E-state index >= 15 is 0 Å². The molecular weight excluding hydrogens is 264 g/mol. The van der Waals surface area contributed by atoms with Gasteiger partial charge in [0.15, 0.2) is 5.82 Å². The van der Waals surface area contributed by atoms with Gasteiger partial charge in [-0.15, -0.1) is 0 Å². The van der Waals surface area contributed by atoms with Crippen LogP contribution in [-0.4, -0.2) is 27.5 Å². The first-order valence-electron chi connectivity index (χ1n) is 3.88. The van der Waals surface area contributed by atoms with Gasteiger partial charge in [0.1, 0.15) is 6.33 Å². The third-order valence-corrected chi connectivity index (χ3v) is 1.79. The number of ether oxygens (including phenoxy) is 1. The van der Waals surface area contributed by atoms with E-state index in [4.69, 9.17) is 34.8 Å². The third-order valence-electron chi connectivity index (χ3n) is 1.28. The fraction of sp³-hybridized carbons (Fsp3) is 0.429. The Morgan fingerprint density at radius 3 is 2.67 bits per heavy atom. The second-order valence-electron chi connectivity index (χ2n) is 2.35.